The third kappa shape index (κ3) is 6.27. The number of carbonyl (C=O) groups is 1. The van der Waals surface area contributed by atoms with Gasteiger partial charge in [-0.15, -0.1) is 0 Å². The number of cyclic esters (lactones) is 1. The Hall–Kier alpha value is -2.97. The molecule has 1 saturated heterocycles. The van der Waals surface area contributed by atoms with Crippen molar-refractivity contribution in [2.75, 3.05) is 56.7 Å². The fraction of sp³-hybridized carbons (Fsp3) is 0.444. The Morgan fingerprint density at radius 1 is 1.62 bits per heavy atom. The monoisotopic (exact) mass is 422 g/mol. The van der Waals surface area contributed by atoms with Crippen LogP contribution in [-0.2, 0) is 9.47 Å². The lowest BCUT2D eigenvalue weighted by atomic mass is 10.2. The Bertz CT molecular complexity index is 800. The summed E-state index contributed by atoms with van der Waals surface area (Å²) in [6.45, 7) is 1.67. The minimum atomic E-state index is -0.556. The molecular weight excluding hydrogens is 399 g/mol. The Labute approximate surface area is 174 Å². The molecule has 1 aromatic rings. The van der Waals surface area contributed by atoms with Gasteiger partial charge in [-0.3, -0.25) is 9.89 Å². The zero-order valence-electron chi connectivity index (χ0n) is 16.2. The predicted molar refractivity (Wildman–Crippen MR) is 112 cm³/mol. The molecule has 11 heteroatoms. The van der Waals surface area contributed by atoms with E-state index in [1.54, 1.807) is 24.1 Å². The molecule has 1 aliphatic heterocycles. The molecular formula is C18H23FN6O3S. The minimum absolute atomic E-state index is 0.205. The second-order valence-corrected chi connectivity index (χ2v) is 6.40. The van der Waals surface area contributed by atoms with E-state index in [1.807, 2.05) is 6.07 Å². The number of aliphatic imine (C=N–C) groups is 1. The van der Waals surface area contributed by atoms with Gasteiger partial charge in [-0.05, 0) is 30.4 Å². The first-order valence-electron chi connectivity index (χ1n) is 8.86. The molecule has 156 valence electrons. The van der Waals surface area contributed by atoms with Crippen LogP contribution in [0.3, 0.4) is 0 Å². The van der Waals surface area contributed by atoms with Crippen molar-refractivity contribution in [2.24, 2.45) is 4.99 Å². The molecule has 1 aliphatic rings. The molecule has 0 saturated carbocycles. The zero-order chi connectivity index (χ0) is 21.2. The van der Waals surface area contributed by atoms with Crippen LogP contribution in [0.15, 0.2) is 23.2 Å². The Balaban J connectivity index is 2.06. The molecule has 0 aromatic heterocycles. The summed E-state index contributed by atoms with van der Waals surface area (Å²) in [7, 11) is 3.03. The molecule has 1 heterocycles. The fourth-order valence-electron chi connectivity index (χ4n) is 2.73. The average molecular weight is 422 g/mol. The average Bonchev–Trinajstić information content (AvgIpc) is 3.09. The number of hydrogen-bond acceptors (Lipinski definition) is 7. The molecule has 0 bridgehead atoms. The predicted octanol–water partition coefficient (Wildman–Crippen LogP) is 1.25. The highest BCUT2D eigenvalue weighted by atomic mass is 32.1. The molecule has 29 heavy (non-hydrogen) atoms. The van der Waals surface area contributed by atoms with Crippen molar-refractivity contribution >= 4 is 41.2 Å². The van der Waals surface area contributed by atoms with Gasteiger partial charge in [0.05, 0.1) is 50.5 Å². The quantitative estimate of drug-likeness (QED) is 0.202. The van der Waals surface area contributed by atoms with Gasteiger partial charge in [0, 0.05) is 20.1 Å². The second-order valence-electron chi connectivity index (χ2n) is 6.03. The standard InChI is InChI=1S/C18H23FN6O3S/c1-21-12-24(8-7-22-6-5-20)16-4-3-13(9-15(16)19)25-11-14(28-18(25)26)10-23-17(29)27-2/h3-4,9,12,14,22H,6-8,10-11H2,1-2H3,(H,23,29). The number of hydrogen-bond donors (Lipinski definition) is 2. The number of benzene rings is 1. The molecule has 1 atom stereocenters. The first-order chi connectivity index (χ1) is 14.0. The smallest absolute Gasteiger partial charge is 0.414 e. The summed E-state index contributed by atoms with van der Waals surface area (Å²) in [5.41, 5.74) is 0.707. The van der Waals surface area contributed by atoms with Crippen LogP contribution in [0, 0.1) is 17.1 Å². The summed E-state index contributed by atoms with van der Waals surface area (Å²) in [5.74, 6) is -0.502. The van der Waals surface area contributed by atoms with E-state index >= 15 is 0 Å². The third-order valence-electron chi connectivity index (χ3n) is 4.07. The lowest BCUT2D eigenvalue weighted by Gasteiger charge is -2.22. The number of rotatable bonds is 9. The summed E-state index contributed by atoms with van der Waals surface area (Å²) in [4.78, 5) is 19.1. The van der Waals surface area contributed by atoms with Gasteiger partial charge in [0.1, 0.15) is 11.9 Å². The van der Waals surface area contributed by atoms with Crippen LogP contribution in [-0.4, -0.2) is 70.6 Å². The van der Waals surface area contributed by atoms with Crippen LogP contribution < -0.4 is 20.4 Å². The minimum Gasteiger partial charge on any atom is -0.474 e. The van der Waals surface area contributed by atoms with Crippen molar-refractivity contribution < 1.29 is 18.7 Å². The number of nitrogens with zero attached hydrogens (tertiary/aromatic N) is 4. The number of ether oxygens (including phenoxy) is 2. The number of halogens is 1. The van der Waals surface area contributed by atoms with E-state index in [9.17, 15) is 9.18 Å². The van der Waals surface area contributed by atoms with Crippen LogP contribution >= 0.6 is 12.2 Å². The summed E-state index contributed by atoms with van der Waals surface area (Å²) < 4.78 is 24.9. The van der Waals surface area contributed by atoms with Gasteiger partial charge in [-0.25, -0.2) is 9.18 Å². The van der Waals surface area contributed by atoms with Gasteiger partial charge in [-0.2, -0.15) is 5.26 Å². The van der Waals surface area contributed by atoms with E-state index in [0.29, 0.717) is 31.0 Å². The SMILES string of the molecule is CN=CN(CCNCC#N)c1ccc(N2CC(CNC(=S)OC)OC2=O)cc1F. The van der Waals surface area contributed by atoms with E-state index in [4.69, 9.17) is 27.0 Å². The second kappa shape index (κ2) is 11.1. The maximum atomic E-state index is 14.8. The third-order valence-corrected chi connectivity index (χ3v) is 4.39. The fourth-order valence-corrected chi connectivity index (χ4v) is 2.81. The van der Waals surface area contributed by atoms with Gasteiger partial charge >= 0.3 is 6.09 Å². The largest absolute Gasteiger partial charge is 0.474 e. The highest BCUT2D eigenvalue weighted by Gasteiger charge is 2.32. The molecule has 0 spiro atoms. The van der Waals surface area contributed by atoms with Gasteiger partial charge < -0.3 is 25.0 Å². The van der Waals surface area contributed by atoms with Crippen molar-refractivity contribution in [1.29, 1.82) is 5.26 Å². The Morgan fingerprint density at radius 3 is 3.07 bits per heavy atom. The van der Waals surface area contributed by atoms with Gasteiger partial charge in [0.2, 0.25) is 0 Å². The van der Waals surface area contributed by atoms with Crippen LogP contribution in [0.5, 0.6) is 0 Å². The van der Waals surface area contributed by atoms with Crippen molar-refractivity contribution in [1.82, 2.24) is 10.6 Å². The van der Waals surface area contributed by atoms with E-state index in [1.165, 1.54) is 24.4 Å². The van der Waals surface area contributed by atoms with Gasteiger partial charge in [0.25, 0.3) is 5.17 Å². The number of amides is 1. The Morgan fingerprint density at radius 2 is 2.41 bits per heavy atom. The summed E-state index contributed by atoms with van der Waals surface area (Å²) in [5, 5.41) is 14.5. The summed E-state index contributed by atoms with van der Waals surface area (Å²) in [6.07, 6.45) is 0.518. The van der Waals surface area contributed by atoms with Crippen LogP contribution in [0.4, 0.5) is 20.6 Å². The van der Waals surface area contributed by atoms with Crippen molar-refractivity contribution in [2.45, 2.75) is 6.10 Å². The normalized spacial score (nSPS) is 15.9. The molecule has 2 N–H and O–H groups in total. The van der Waals surface area contributed by atoms with Crippen molar-refractivity contribution in [3.8, 4) is 6.07 Å². The van der Waals surface area contributed by atoms with E-state index < -0.39 is 18.0 Å². The Kier molecular flexibility index (Phi) is 8.57. The summed E-state index contributed by atoms with van der Waals surface area (Å²) in [6, 6.07) is 6.49. The first kappa shape index (κ1) is 22.3. The molecule has 0 radical (unpaired) electrons. The number of carbonyl (C=O) groups excluding carboxylic acids is 1. The lowest BCUT2D eigenvalue weighted by molar-refractivity contribution is 0.142. The van der Waals surface area contributed by atoms with Crippen LogP contribution in [0.25, 0.3) is 0 Å². The first-order valence-corrected chi connectivity index (χ1v) is 9.27. The molecule has 1 amide bonds. The zero-order valence-corrected chi connectivity index (χ0v) is 17.0. The molecule has 9 nitrogen and oxygen atoms in total. The maximum absolute atomic E-state index is 14.8. The molecule has 2 rings (SSSR count). The number of anilines is 2. The van der Waals surface area contributed by atoms with E-state index in [2.05, 4.69) is 15.6 Å². The topological polar surface area (TPSA) is 102 Å². The van der Waals surface area contributed by atoms with E-state index in [-0.39, 0.29) is 18.3 Å². The van der Waals surface area contributed by atoms with E-state index in [0.717, 1.165) is 0 Å². The lowest BCUT2D eigenvalue weighted by Crippen LogP contribution is -2.34. The maximum Gasteiger partial charge on any atom is 0.414 e. The number of methoxy groups -OCH3 is 1. The molecule has 1 aromatic carbocycles. The van der Waals surface area contributed by atoms with Gasteiger partial charge in [-0.1, -0.05) is 0 Å². The highest BCUT2D eigenvalue weighted by Crippen LogP contribution is 2.27. The van der Waals surface area contributed by atoms with Crippen molar-refractivity contribution in [3.05, 3.63) is 24.0 Å². The highest BCUT2D eigenvalue weighted by molar-refractivity contribution is 7.80. The number of thiocarbonyl (C=S) groups is 1. The molecule has 1 fully saturated rings. The van der Waals surface area contributed by atoms with Crippen molar-refractivity contribution in [3.63, 3.8) is 0 Å². The molecule has 1 unspecified atom stereocenters. The number of nitriles is 1. The molecule has 0 aliphatic carbocycles. The van der Waals surface area contributed by atoms with Crippen LogP contribution in [0.1, 0.15) is 0 Å². The summed E-state index contributed by atoms with van der Waals surface area (Å²) >= 11 is 4.89. The number of nitrogens with one attached hydrogen (secondary N) is 2. The van der Waals surface area contributed by atoms with Crippen LogP contribution in [0.2, 0.25) is 0 Å². The van der Waals surface area contributed by atoms with Gasteiger partial charge in [0.15, 0.2) is 0 Å².